The molecule has 0 aromatic heterocycles. The van der Waals surface area contributed by atoms with Gasteiger partial charge in [0.2, 0.25) is 0 Å². The predicted octanol–water partition coefficient (Wildman–Crippen LogP) is 2.97. The third-order valence-corrected chi connectivity index (χ3v) is 2.68. The van der Waals surface area contributed by atoms with E-state index in [1.165, 1.54) is 0 Å². The number of hydrogen-bond donors (Lipinski definition) is 2. The van der Waals surface area contributed by atoms with Crippen LogP contribution >= 0.6 is 11.6 Å². The molecule has 1 aromatic rings. The van der Waals surface area contributed by atoms with Crippen molar-refractivity contribution in [1.29, 1.82) is 0 Å². The highest BCUT2D eigenvalue weighted by atomic mass is 35.5. The van der Waals surface area contributed by atoms with Gasteiger partial charge in [-0.05, 0) is 17.0 Å². The molecule has 14 heavy (non-hydrogen) atoms. The predicted molar refractivity (Wildman–Crippen MR) is 62.2 cm³/mol. The van der Waals surface area contributed by atoms with Crippen molar-refractivity contribution >= 4 is 17.3 Å². The lowest BCUT2D eigenvalue weighted by atomic mass is 9.82. The molecular weight excluding hydrogens is 196 g/mol. The van der Waals surface area contributed by atoms with Gasteiger partial charge in [0.05, 0.1) is 10.7 Å². The molecule has 0 heterocycles. The molecule has 1 unspecified atom stereocenters. The molecule has 1 atom stereocenters. The number of anilines is 1. The van der Waals surface area contributed by atoms with Crippen LogP contribution in [0.2, 0.25) is 5.02 Å². The summed E-state index contributed by atoms with van der Waals surface area (Å²) >= 11 is 5.93. The molecule has 0 radical (unpaired) electrons. The Balaban J connectivity index is 3.14. The van der Waals surface area contributed by atoms with Crippen LogP contribution in [0.15, 0.2) is 18.2 Å². The average molecular weight is 213 g/mol. The molecule has 0 fully saturated rings. The van der Waals surface area contributed by atoms with E-state index in [9.17, 15) is 0 Å². The lowest BCUT2D eigenvalue weighted by molar-refractivity contribution is 0.328. The number of rotatable bonds is 1. The third-order valence-electron chi connectivity index (χ3n) is 2.35. The number of nitrogens with two attached hydrogens (primary N) is 2. The molecule has 0 amide bonds. The first-order valence-electron chi connectivity index (χ1n) is 4.63. The molecule has 0 spiro atoms. The number of nitrogen functional groups attached to an aromatic ring is 1. The van der Waals surface area contributed by atoms with Crippen molar-refractivity contribution in [3.8, 4) is 0 Å². The van der Waals surface area contributed by atoms with Gasteiger partial charge >= 0.3 is 0 Å². The summed E-state index contributed by atoms with van der Waals surface area (Å²) < 4.78 is 0. The standard InChI is InChI=1S/C11H17ClN2/c1-11(2,3)10(14)7-5-4-6-8(12)9(7)13/h4-6,10H,13-14H2,1-3H3. The van der Waals surface area contributed by atoms with Gasteiger partial charge < -0.3 is 11.5 Å². The molecule has 0 aliphatic heterocycles. The quantitative estimate of drug-likeness (QED) is 0.704. The molecule has 0 saturated heterocycles. The molecule has 4 N–H and O–H groups in total. The van der Waals surface area contributed by atoms with Crippen molar-refractivity contribution < 1.29 is 0 Å². The minimum atomic E-state index is -0.0961. The van der Waals surface area contributed by atoms with E-state index in [-0.39, 0.29) is 11.5 Å². The van der Waals surface area contributed by atoms with Crippen LogP contribution in [0.3, 0.4) is 0 Å². The van der Waals surface area contributed by atoms with Gasteiger partial charge in [0.25, 0.3) is 0 Å². The minimum absolute atomic E-state index is 0.0151. The van der Waals surface area contributed by atoms with Crippen molar-refractivity contribution in [1.82, 2.24) is 0 Å². The van der Waals surface area contributed by atoms with E-state index in [0.29, 0.717) is 10.7 Å². The van der Waals surface area contributed by atoms with Crippen LogP contribution in [0.25, 0.3) is 0 Å². The van der Waals surface area contributed by atoms with Gasteiger partial charge in [-0.15, -0.1) is 0 Å². The summed E-state index contributed by atoms with van der Waals surface area (Å²) in [6.45, 7) is 6.24. The van der Waals surface area contributed by atoms with Gasteiger partial charge in [0.1, 0.15) is 0 Å². The first kappa shape index (κ1) is 11.3. The Labute approximate surface area is 90.2 Å². The SMILES string of the molecule is CC(C)(C)C(N)c1cccc(Cl)c1N. The van der Waals surface area contributed by atoms with E-state index < -0.39 is 0 Å². The zero-order valence-electron chi connectivity index (χ0n) is 8.84. The van der Waals surface area contributed by atoms with E-state index in [1.54, 1.807) is 6.07 Å². The van der Waals surface area contributed by atoms with Gasteiger partial charge in [-0.1, -0.05) is 44.5 Å². The third kappa shape index (κ3) is 2.20. The maximum atomic E-state index is 6.10. The Hall–Kier alpha value is -0.730. The van der Waals surface area contributed by atoms with E-state index in [0.717, 1.165) is 5.56 Å². The fourth-order valence-electron chi connectivity index (χ4n) is 1.29. The second-order valence-electron chi connectivity index (χ2n) is 4.59. The van der Waals surface area contributed by atoms with E-state index in [2.05, 4.69) is 20.8 Å². The van der Waals surface area contributed by atoms with Gasteiger partial charge in [0.15, 0.2) is 0 Å². The summed E-state index contributed by atoms with van der Waals surface area (Å²) in [6, 6.07) is 5.48. The first-order chi connectivity index (χ1) is 6.34. The fourth-order valence-corrected chi connectivity index (χ4v) is 1.47. The molecule has 1 aromatic carbocycles. The van der Waals surface area contributed by atoms with E-state index >= 15 is 0 Å². The average Bonchev–Trinajstić information content (AvgIpc) is 2.07. The number of benzene rings is 1. The summed E-state index contributed by atoms with van der Waals surface area (Å²) in [6.07, 6.45) is 0. The zero-order chi connectivity index (χ0) is 10.9. The Morgan fingerprint density at radius 1 is 1.29 bits per heavy atom. The van der Waals surface area contributed by atoms with Crippen molar-refractivity contribution in [2.24, 2.45) is 11.1 Å². The topological polar surface area (TPSA) is 52.0 Å². The van der Waals surface area contributed by atoms with Gasteiger partial charge in [0, 0.05) is 6.04 Å². The van der Waals surface area contributed by atoms with Crippen LogP contribution in [0.4, 0.5) is 5.69 Å². The first-order valence-corrected chi connectivity index (χ1v) is 5.01. The highest BCUT2D eigenvalue weighted by Crippen LogP contribution is 2.35. The maximum Gasteiger partial charge on any atom is 0.0638 e. The highest BCUT2D eigenvalue weighted by Gasteiger charge is 2.24. The molecule has 0 aliphatic rings. The highest BCUT2D eigenvalue weighted by molar-refractivity contribution is 6.33. The van der Waals surface area contributed by atoms with Crippen LogP contribution < -0.4 is 11.5 Å². The smallest absolute Gasteiger partial charge is 0.0638 e. The van der Waals surface area contributed by atoms with E-state index in [4.69, 9.17) is 23.1 Å². The molecule has 2 nitrogen and oxygen atoms in total. The van der Waals surface area contributed by atoms with Crippen molar-refractivity contribution in [2.45, 2.75) is 26.8 Å². The molecule has 0 saturated carbocycles. The zero-order valence-corrected chi connectivity index (χ0v) is 9.60. The summed E-state index contributed by atoms with van der Waals surface area (Å²) in [7, 11) is 0. The number of halogens is 1. The Kier molecular flexibility index (Phi) is 3.07. The van der Waals surface area contributed by atoms with E-state index in [1.807, 2.05) is 12.1 Å². The maximum absolute atomic E-state index is 6.10. The second kappa shape index (κ2) is 3.79. The Morgan fingerprint density at radius 2 is 1.86 bits per heavy atom. The van der Waals surface area contributed by atoms with Crippen LogP contribution in [-0.2, 0) is 0 Å². The summed E-state index contributed by atoms with van der Waals surface area (Å²) in [5.41, 5.74) is 13.5. The second-order valence-corrected chi connectivity index (χ2v) is 4.99. The summed E-state index contributed by atoms with van der Waals surface area (Å²) in [5, 5.41) is 0.571. The van der Waals surface area contributed by atoms with Crippen LogP contribution in [0, 0.1) is 5.41 Å². The molecule has 0 bridgehead atoms. The van der Waals surface area contributed by atoms with Gasteiger partial charge in [-0.2, -0.15) is 0 Å². The minimum Gasteiger partial charge on any atom is -0.397 e. The Morgan fingerprint density at radius 3 is 2.36 bits per heavy atom. The van der Waals surface area contributed by atoms with Crippen LogP contribution in [0.5, 0.6) is 0 Å². The fraction of sp³-hybridized carbons (Fsp3) is 0.455. The van der Waals surface area contributed by atoms with Crippen LogP contribution in [-0.4, -0.2) is 0 Å². The van der Waals surface area contributed by atoms with Gasteiger partial charge in [-0.3, -0.25) is 0 Å². The summed E-state index contributed by atoms with van der Waals surface area (Å²) in [5.74, 6) is 0. The molecule has 0 aliphatic carbocycles. The molecule has 3 heteroatoms. The van der Waals surface area contributed by atoms with Crippen molar-refractivity contribution in [3.63, 3.8) is 0 Å². The van der Waals surface area contributed by atoms with Crippen LogP contribution in [0.1, 0.15) is 32.4 Å². The Bertz CT molecular complexity index is 329. The molecule has 78 valence electrons. The number of para-hydroxylation sites is 1. The molecule has 1 rings (SSSR count). The number of hydrogen-bond acceptors (Lipinski definition) is 2. The normalized spacial score (nSPS) is 14.1. The monoisotopic (exact) mass is 212 g/mol. The lowest BCUT2D eigenvalue weighted by Gasteiger charge is -2.28. The largest absolute Gasteiger partial charge is 0.397 e. The van der Waals surface area contributed by atoms with Crippen molar-refractivity contribution in [3.05, 3.63) is 28.8 Å². The lowest BCUT2D eigenvalue weighted by Crippen LogP contribution is -2.27. The van der Waals surface area contributed by atoms with Gasteiger partial charge in [-0.25, -0.2) is 0 Å². The summed E-state index contributed by atoms with van der Waals surface area (Å²) in [4.78, 5) is 0. The molecular formula is C11H17ClN2. The van der Waals surface area contributed by atoms with Crippen molar-refractivity contribution in [2.75, 3.05) is 5.73 Å².